The van der Waals surface area contributed by atoms with Crippen molar-refractivity contribution < 1.29 is 41.3 Å². The molecular formula is C38H47F4N7O5. The molecule has 2 aliphatic heterocycles. The molecule has 5 rings (SSSR count). The minimum atomic E-state index is -5.04. The Balaban J connectivity index is 1.18. The molecule has 0 spiro atoms. The van der Waals surface area contributed by atoms with Gasteiger partial charge in [0.15, 0.2) is 23.5 Å². The second-order valence-electron chi connectivity index (χ2n) is 14.1. The number of carbonyl (C=O) groups excluding carboxylic acids is 1. The number of unbranched alkanes of at least 4 members (excludes halogenated alkanes) is 1. The minimum Gasteiger partial charge on any atom is -0.444 e. The lowest BCUT2D eigenvalue weighted by Crippen LogP contribution is -2.37. The van der Waals surface area contributed by atoms with Crippen LogP contribution in [0.1, 0.15) is 82.7 Å². The average molecular weight is 758 g/mol. The smallest absolute Gasteiger partial charge is 0.444 e. The lowest BCUT2D eigenvalue weighted by molar-refractivity contribution is -0.275. The second-order valence-corrected chi connectivity index (χ2v) is 14.1. The van der Waals surface area contributed by atoms with Gasteiger partial charge in [0.1, 0.15) is 11.7 Å². The highest BCUT2D eigenvalue weighted by Crippen LogP contribution is 2.34. The third-order valence-electron chi connectivity index (χ3n) is 8.74. The number of ether oxygens (including phenoxy) is 4. The second kappa shape index (κ2) is 18.0. The fraction of sp³-hybridized carbons (Fsp3) is 0.526. The summed E-state index contributed by atoms with van der Waals surface area (Å²) in [7, 11) is 0. The summed E-state index contributed by atoms with van der Waals surface area (Å²) in [6, 6.07) is 8.54. The predicted molar refractivity (Wildman–Crippen MR) is 195 cm³/mol. The van der Waals surface area contributed by atoms with Crippen molar-refractivity contribution in [2.75, 3.05) is 44.8 Å². The zero-order valence-electron chi connectivity index (χ0n) is 31.0. The van der Waals surface area contributed by atoms with E-state index >= 15 is 0 Å². The molecular weight excluding hydrogens is 710 g/mol. The van der Waals surface area contributed by atoms with Crippen molar-refractivity contribution in [1.29, 1.82) is 5.26 Å². The van der Waals surface area contributed by atoms with Gasteiger partial charge in [-0.05, 0) is 106 Å². The van der Waals surface area contributed by atoms with Crippen molar-refractivity contribution in [2.45, 2.75) is 91.0 Å². The van der Waals surface area contributed by atoms with Gasteiger partial charge in [-0.3, -0.25) is 0 Å². The van der Waals surface area contributed by atoms with E-state index in [0.717, 1.165) is 53.1 Å². The minimum absolute atomic E-state index is 0.0404. The van der Waals surface area contributed by atoms with Crippen molar-refractivity contribution in [1.82, 2.24) is 20.1 Å². The highest BCUT2D eigenvalue weighted by Gasteiger charge is 2.34. The maximum absolute atomic E-state index is 14.8. The topological polar surface area (TPSA) is 135 Å². The standard InChI is InChI=1S/C38H47F4N7O5/c1-5-26-16-25(17-31(39)35(26)53-38(40,41)42)24-48(36(50)54-37(2,3)4)12-7-9-13-51-15-11-44-32-19-27(28-18-29(21-43)47-45-22-28)20-33-30(32)23-46-49(33)34-10-6-8-14-52-34/h16-20,23,34,44-45H,5-15,22,24H2,1-4H3. The summed E-state index contributed by atoms with van der Waals surface area (Å²) in [6.07, 6.45) is 1.97. The molecule has 0 saturated carbocycles. The Morgan fingerprint density at radius 2 is 1.98 bits per heavy atom. The van der Waals surface area contributed by atoms with Crippen LogP contribution in [-0.4, -0.2) is 77.9 Å². The molecule has 1 saturated heterocycles. The number of fused-ring (bicyclic) bond motifs is 1. The number of hydrazone groups is 1. The zero-order chi connectivity index (χ0) is 38.9. The maximum atomic E-state index is 14.8. The Morgan fingerprint density at radius 3 is 2.69 bits per heavy atom. The lowest BCUT2D eigenvalue weighted by atomic mass is 10.0. The van der Waals surface area contributed by atoms with E-state index in [1.807, 2.05) is 16.9 Å². The Labute approximate surface area is 312 Å². The summed E-state index contributed by atoms with van der Waals surface area (Å²) < 4.78 is 76.8. The first-order valence-electron chi connectivity index (χ1n) is 18.2. The van der Waals surface area contributed by atoms with Gasteiger partial charge in [0, 0.05) is 43.9 Å². The van der Waals surface area contributed by atoms with Crippen LogP contribution in [0.5, 0.6) is 5.75 Å². The van der Waals surface area contributed by atoms with Crippen molar-refractivity contribution in [3.8, 4) is 11.8 Å². The van der Waals surface area contributed by atoms with Gasteiger partial charge in [-0.1, -0.05) is 13.0 Å². The van der Waals surface area contributed by atoms with Gasteiger partial charge >= 0.3 is 12.5 Å². The number of amides is 1. The molecule has 0 radical (unpaired) electrons. The largest absolute Gasteiger partial charge is 0.573 e. The van der Waals surface area contributed by atoms with E-state index in [1.165, 1.54) is 11.0 Å². The quantitative estimate of drug-likeness (QED) is 0.117. The highest BCUT2D eigenvalue weighted by molar-refractivity contribution is 6.12. The van der Waals surface area contributed by atoms with Crippen LogP contribution in [0.4, 0.5) is 28.0 Å². The number of nitrogens with zero attached hydrogens (tertiary/aromatic N) is 5. The Morgan fingerprint density at radius 1 is 1.17 bits per heavy atom. The van der Waals surface area contributed by atoms with E-state index < -0.39 is 29.6 Å². The summed E-state index contributed by atoms with van der Waals surface area (Å²) >= 11 is 0. The molecule has 1 aromatic heterocycles. The van der Waals surface area contributed by atoms with E-state index in [4.69, 9.17) is 14.2 Å². The molecule has 2 N–H and O–H groups in total. The number of hydrogen-bond acceptors (Lipinski definition) is 10. The molecule has 3 aromatic rings. The van der Waals surface area contributed by atoms with Crippen molar-refractivity contribution in [3.63, 3.8) is 0 Å². The fourth-order valence-corrected chi connectivity index (χ4v) is 6.27. The van der Waals surface area contributed by atoms with Crippen molar-refractivity contribution in [2.24, 2.45) is 5.10 Å². The Hall–Kier alpha value is -4.88. The SMILES string of the molecule is CCc1cc(CN(CCCCOCCNc2cc(C3=CC(C#N)=NNC3)cc3c2cnn3C2CCCCO2)C(=O)OC(C)(C)C)cc(F)c1OC(F)(F)F. The first-order chi connectivity index (χ1) is 25.7. The molecule has 3 heterocycles. The molecule has 0 bridgehead atoms. The van der Waals surface area contributed by atoms with Crippen LogP contribution < -0.4 is 15.5 Å². The van der Waals surface area contributed by atoms with Gasteiger partial charge in [0.2, 0.25) is 0 Å². The Bertz CT molecular complexity index is 1870. The van der Waals surface area contributed by atoms with E-state index in [1.54, 1.807) is 33.8 Å². The zero-order valence-corrected chi connectivity index (χ0v) is 31.0. The molecule has 1 amide bonds. The monoisotopic (exact) mass is 757 g/mol. The van der Waals surface area contributed by atoms with Gasteiger partial charge < -0.3 is 34.6 Å². The number of aromatic nitrogens is 2. The number of allylic oxidation sites excluding steroid dienone is 1. The van der Waals surface area contributed by atoms with Crippen molar-refractivity contribution in [3.05, 3.63) is 59.0 Å². The summed E-state index contributed by atoms with van der Waals surface area (Å²) in [5.74, 6) is -2.02. The van der Waals surface area contributed by atoms with Gasteiger partial charge in [-0.25, -0.2) is 13.9 Å². The lowest BCUT2D eigenvalue weighted by Gasteiger charge is -2.28. The van der Waals surface area contributed by atoms with Crippen LogP contribution in [0.3, 0.4) is 0 Å². The predicted octanol–water partition coefficient (Wildman–Crippen LogP) is 7.85. The van der Waals surface area contributed by atoms with E-state index in [-0.39, 0.29) is 31.3 Å². The van der Waals surface area contributed by atoms with Gasteiger partial charge in [-0.2, -0.15) is 15.5 Å². The summed E-state index contributed by atoms with van der Waals surface area (Å²) in [5.41, 5.74) is 6.41. The van der Waals surface area contributed by atoms with Gasteiger partial charge in [0.05, 0.1) is 24.9 Å². The number of aryl methyl sites for hydroxylation is 1. The van der Waals surface area contributed by atoms with Crippen LogP contribution in [-0.2, 0) is 27.2 Å². The molecule has 292 valence electrons. The normalized spacial score (nSPS) is 16.2. The number of nitriles is 1. The number of halogens is 4. The highest BCUT2D eigenvalue weighted by atomic mass is 19.4. The van der Waals surface area contributed by atoms with E-state index in [2.05, 4.69) is 37.8 Å². The molecule has 1 unspecified atom stereocenters. The number of benzene rings is 2. The first-order valence-corrected chi connectivity index (χ1v) is 18.2. The van der Waals surface area contributed by atoms with Crippen LogP contribution in [0.2, 0.25) is 0 Å². The molecule has 0 aliphatic carbocycles. The molecule has 16 heteroatoms. The number of alkyl halides is 3. The average Bonchev–Trinajstić information content (AvgIpc) is 3.56. The number of nitrogens with one attached hydrogen (secondary N) is 2. The van der Waals surface area contributed by atoms with Crippen LogP contribution in [0.25, 0.3) is 16.5 Å². The summed E-state index contributed by atoms with van der Waals surface area (Å²) in [4.78, 5) is 14.5. The molecule has 1 fully saturated rings. The number of rotatable bonds is 15. The first kappa shape index (κ1) is 40.3. The van der Waals surface area contributed by atoms with Crippen LogP contribution >= 0.6 is 0 Å². The molecule has 2 aliphatic rings. The van der Waals surface area contributed by atoms with Crippen LogP contribution in [0, 0.1) is 17.1 Å². The molecule has 12 nitrogen and oxygen atoms in total. The van der Waals surface area contributed by atoms with Gasteiger partial charge in [0.25, 0.3) is 0 Å². The Kier molecular flexibility index (Phi) is 13.4. The number of anilines is 1. The maximum Gasteiger partial charge on any atom is 0.573 e. The summed E-state index contributed by atoms with van der Waals surface area (Å²) in [5, 5.41) is 22.5. The summed E-state index contributed by atoms with van der Waals surface area (Å²) in [6.45, 7) is 9.41. The number of carbonyl (C=O) groups is 1. The van der Waals surface area contributed by atoms with E-state index in [0.29, 0.717) is 57.0 Å². The molecule has 54 heavy (non-hydrogen) atoms. The van der Waals surface area contributed by atoms with E-state index in [9.17, 15) is 27.6 Å². The van der Waals surface area contributed by atoms with Gasteiger partial charge in [-0.15, -0.1) is 13.2 Å². The van der Waals surface area contributed by atoms with Crippen molar-refractivity contribution >= 4 is 34.0 Å². The number of hydrogen-bond donors (Lipinski definition) is 2. The molecule has 1 atom stereocenters. The fourth-order valence-electron chi connectivity index (χ4n) is 6.27. The third-order valence-corrected chi connectivity index (χ3v) is 8.74. The van der Waals surface area contributed by atoms with Crippen LogP contribution in [0.15, 0.2) is 41.6 Å². The third kappa shape index (κ3) is 11.1. The molecule has 2 aromatic carbocycles.